The van der Waals surface area contributed by atoms with Crippen molar-refractivity contribution in [3.63, 3.8) is 0 Å². The molecule has 6 heteroatoms. The fraction of sp³-hybridized carbons (Fsp3) is 0.579. The molecule has 1 aliphatic heterocycles. The van der Waals surface area contributed by atoms with Crippen molar-refractivity contribution in [3.8, 4) is 5.75 Å². The number of carbonyl (C=O) groups excluding carboxylic acids is 2. The molecule has 2 aliphatic rings. The van der Waals surface area contributed by atoms with E-state index in [4.69, 9.17) is 9.47 Å². The van der Waals surface area contributed by atoms with Crippen LogP contribution in [-0.4, -0.2) is 43.0 Å². The number of carbonyl (C=O) groups is 2. The summed E-state index contributed by atoms with van der Waals surface area (Å²) in [7, 11) is 1.39. The van der Waals surface area contributed by atoms with Gasteiger partial charge >= 0.3 is 11.9 Å². The first-order chi connectivity index (χ1) is 12.0. The van der Waals surface area contributed by atoms with Crippen molar-refractivity contribution in [2.75, 3.05) is 13.7 Å². The molecule has 6 nitrogen and oxygen atoms in total. The maximum atomic E-state index is 11.3. The minimum atomic E-state index is -0.333. The molecule has 1 N–H and O–H groups in total. The summed E-state index contributed by atoms with van der Waals surface area (Å²) in [5.74, 6) is 0.197. The number of esters is 2. The quantitative estimate of drug-likeness (QED) is 0.792. The van der Waals surface area contributed by atoms with Crippen LogP contribution in [-0.2, 0) is 25.5 Å². The number of rotatable bonds is 6. The lowest BCUT2D eigenvalue weighted by atomic mass is 9.87. The Labute approximate surface area is 147 Å². The first-order valence-electron chi connectivity index (χ1n) is 8.68. The van der Waals surface area contributed by atoms with Crippen molar-refractivity contribution in [2.24, 2.45) is 5.92 Å². The second-order valence-corrected chi connectivity index (χ2v) is 6.68. The molecule has 136 valence electrons. The molecule has 1 aromatic carbocycles. The Balaban J connectivity index is 1.76. The van der Waals surface area contributed by atoms with Crippen molar-refractivity contribution >= 4 is 11.9 Å². The van der Waals surface area contributed by atoms with E-state index in [1.807, 2.05) is 18.2 Å². The smallest absolute Gasteiger partial charge is 0.305 e. The Hall–Kier alpha value is -2.08. The van der Waals surface area contributed by atoms with E-state index in [2.05, 4.69) is 4.74 Å². The highest BCUT2D eigenvalue weighted by atomic mass is 16.6. The minimum absolute atomic E-state index is 0.0323. The van der Waals surface area contributed by atoms with Gasteiger partial charge in [0.1, 0.15) is 18.0 Å². The second-order valence-electron chi connectivity index (χ2n) is 6.68. The summed E-state index contributed by atoms with van der Waals surface area (Å²) in [6.45, 7) is 1.34. The normalized spacial score (nSPS) is 26.5. The number of aliphatic hydroxyl groups is 1. The van der Waals surface area contributed by atoms with Gasteiger partial charge < -0.3 is 19.3 Å². The first-order valence-corrected chi connectivity index (χ1v) is 8.68. The number of ether oxygens (including phenoxy) is 3. The van der Waals surface area contributed by atoms with Crippen molar-refractivity contribution in [2.45, 2.75) is 50.7 Å². The van der Waals surface area contributed by atoms with E-state index in [1.165, 1.54) is 14.0 Å². The van der Waals surface area contributed by atoms with Gasteiger partial charge in [0, 0.05) is 37.2 Å². The van der Waals surface area contributed by atoms with Gasteiger partial charge in [-0.15, -0.1) is 0 Å². The molecule has 1 aliphatic carbocycles. The van der Waals surface area contributed by atoms with Crippen molar-refractivity contribution in [1.82, 2.24) is 0 Å². The second kappa shape index (κ2) is 7.44. The predicted molar refractivity (Wildman–Crippen MR) is 89.3 cm³/mol. The highest BCUT2D eigenvalue weighted by molar-refractivity contribution is 5.69. The summed E-state index contributed by atoms with van der Waals surface area (Å²) < 4.78 is 16.2. The van der Waals surface area contributed by atoms with E-state index in [-0.39, 0.29) is 42.6 Å². The third-order valence-corrected chi connectivity index (χ3v) is 5.14. The maximum absolute atomic E-state index is 11.3. The zero-order valence-electron chi connectivity index (χ0n) is 14.6. The number of para-hydroxylation sites is 1. The monoisotopic (exact) mass is 348 g/mol. The molecule has 4 atom stereocenters. The van der Waals surface area contributed by atoms with E-state index in [1.54, 1.807) is 0 Å². The maximum Gasteiger partial charge on any atom is 0.305 e. The molecular formula is C19H24O6. The number of methoxy groups -OCH3 is 1. The van der Waals surface area contributed by atoms with Crippen LogP contribution >= 0.6 is 0 Å². The summed E-state index contributed by atoms with van der Waals surface area (Å²) in [6, 6.07) is 6.00. The summed E-state index contributed by atoms with van der Waals surface area (Å²) in [4.78, 5) is 22.6. The molecule has 25 heavy (non-hydrogen) atoms. The van der Waals surface area contributed by atoms with Crippen molar-refractivity contribution in [1.29, 1.82) is 0 Å². The van der Waals surface area contributed by atoms with Gasteiger partial charge in [0.05, 0.1) is 13.7 Å². The number of aryl methyl sites for hydroxylation is 1. The van der Waals surface area contributed by atoms with Crippen LogP contribution in [0.25, 0.3) is 0 Å². The molecule has 1 aromatic rings. The lowest BCUT2D eigenvalue weighted by Crippen LogP contribution is -2.26. The van der Waals surface area contributed by atoms with Crippen molar-refractivity contribution in [3.05, 3.63) is 29.3 Å². The average molecular weight is 348 g/mol. The summed E-state index contributed by atoms with van der Waals surface area (Å²) >= 11 is 0. The van der Waals surface area contributed by atoms with Crippen LogP contribution in [0.3, 0.4) is 0 Å². The Kier molecular flexibility index (Phi) is 5.27. The Morgan fingerprint density at radius 2 is 2.16 bits per heavy atom. The molecule has 1 fully saturated rings. The van der Waals surface area contributed by atoms with Gasteiger partial charge in [-0.25, -0.2) is 0 Å². The van der Waals surface area contributed by atoms with Crippen LogP contribution in [0.2, 0.25) is 0 Å². The van der Waals surface area contributed by atoms with Crippen LogP contribution in [0.1, 0.15) is 43.2 Å². The fourth-order valence-corrected chi connectivity index (χ4v) is 4.07. The standard InChI is InChI=1S/C19H24O6/c1-11(21)24-15-9-16-18(14(15)10-20)13-7-3-5-12(19(13)25-16)6-4-8-17(22)23-2/h3,5,7,14-16,18,20H,4,6,8-10H2,1-2H3/t14-,15+,16-,18+/m0/s1. The predicted octanol–water partition coefficient (Wildman–Crippen LogP) is 1.97. The highest BCUT2D eigenvalue weighted by Gasteiger charge is 2.51. The molecule has 1 saturated carbocycles. The SMILES string of the molecule is COC(=O)CCCc1cccc2c1O[C@H]1C[C@@H](OC(C)=O)[C@H](CO)[C@@H]21. The van der Waals surface area contributed by atoms with Gasteiger partial charge in [-0.2, -0.15) is 0 Å². The molecule has 0 bridgehead atoms. The summed E-state index contributed by atoms with van der Waals surface area (Å²) in [6.07, 6.45) is 2.00. The molecule has 0 spiro atoms. The van der Waals surface area contributed by atoms with Gasteiger partial charge in [0.2, 0.25) is 0 Å². The van der Waals surface area contributed by atoms with Crippen LogP contribution in [0.5, 0.6) is 5.75 Å². The number of hydrogen-bond donors (Lipinski definition) is 1. The molecule has 3 rings (SSSR count). The van der Waals surface area contributed by atoms with Gasteiger partial charge in [-0.1, -0.05) is 18.2 Å². The Morgan fingerprint density at radius 3 is 2.84 bits per heavy atom. The number of hydrogen-bond acceptors (Lipinski definition) is 6. The number of fused-ring (bicyclic) bond motifs is 3. The van der Waals surface area contributed by atoms with Crippen LogP contribution in [0.15, 0.2) is 18.2 Å². The number of aliphatic hydroxyl groups excluding tert-OH is 1. The average Bonchev–Trinajstić information content (AvgIpc) is 3.09. The molecule has 1 heterocycles. The molecule has 0 aromatic heterocycles. The molecule has 0 amide bonds. The van der Waals surface area contributed by atoms with E-state index in [9.17, 15) is 14.7 Å². The summed E-state index contributed by atoms with van der Waals surface area (Å²) in [5.41, 5.74) is 2.13. The Morgan fingerprint density at radius 1 is 1.36 bits per heavy atom. The molecule has 0 saturated heterocycles. The van der Waals surface area contributed by atoms with E-state index in [0.717, 1.165) is 23.3 Å². The molecule has 0 unspecified atom stereocenters. The summed E-state index contributed by atoms with van der Waals surface area (Å²) in [5, 5.41) is 9.82. The van der Waals surface area contributed by atoms with E-state index >= 15 is 0 Å². The third kappa shape index (κ3) is 3.49. The van der Waals surface area contributed by atoms with E-state index < -0.39 is 0 Å². The van der Waals surface area contributed by atoms with Crippen LogP contribution in [0.4, 0.5) is 0 Å². The van der Waals surface area contributed by atoms with Crippen LogP contribution < -0.4 is 4.74 Å². The van der Waals surface area contributed by atoms with Crippen molar-refractivity contribution < 1.29 is 28.9 Å². The van der Waals surface area contributed by atoms with Crippen LogP contribution in [0, 0.1) is 5.92 Å². The largest absolute Gasteiger partial charge is 0.489 e. The van der Waals surface area contributed by atoms with Gasteiger partial charge in [-0.05, 0) is 18.4 Å². The van der Waals surface area contributed by atoms with Gasteiger partial charge in [0.25, 0.3) is 0 Å². The third-order valence-electron chi connectivity index (χ3n) is 5.14. The fourth-order valence-electron chi connectivity index (χ4n) is 4.07. The molecule has 0 radical (unpaired) electrons. The molecular weight excluding hydrogens is 324 g/mol. The van der Waals surface area contributed by atoms with E-state index in [0.29, 0.717) is 19.3 Å². The first kappa shape index (κ1) is 17.7. The Bertz CT molecular complexity index is 655. The van der Waals surface area contributed by atoms with Gasteiger partial charge in [0.15, 0.2) is 0 Å². The zero-order valence-corrected chi connectivity index (χ0v) is 14.6. The zero-order chi connectivity index (χ0) is 18.0. The lowest BCUT2D eigenvalue weighted by molar-refractivity contribution is -0.149. The minimum Gasteiger partial charge on any atom is -0.489 e. The van der Waals surface area contributed by atoms with Gasteiger partial charge in [-0.3, -0.25) is 9.59 Å². The topological polar surface area (TPSA) is 82.1 Å². The number of benzene rings is 1. The lowest BCUT2D eigenvalue weighted by Gasteiger charge is -2.21. The highest BCUT2D eigenvalue weighted by Crippen LogP contribution is 2.52.